The van der Waals surface area contributed by atoms with Crippen LogP contribution in [0.2, 0.25) is 0 Å². The van der Waals surface area contributed by atoms with Crippen LogP contribution >= 0.6 is 11.6 Å². The van der Waals surface area contributed by atoms with Gasteiger partial charge in [0, 0.05) is 37.2 Å². The summed E-state index contributed by atoms with van der Waals surface area (Å²) >= 11 is 5.61. The molecule has 0 N–H and O–H groups in total. The van der Waals surface area contributed by atoms with Crippen LogP contribution in [0.25, 0.3) is 0 Å². The van der Waals surface area contributed by atoms with Gasteiger partial charge < -0.3 is 4.74 Å². The second-order valence-corrected chi connectivity index (χ2v) is 5.33. The lowest BCUT2D eigenvalue weighted by atomic mass is 10.1. The first-order valence-electron chi connectivity index (χ1n) is 7.03. The molecular weight excluding hydrogens is 264 g/mol. The highest BCUT2D eigenvalue weighted by atomic mass is 35.5. The first kappa shape index (κ1) is 14.5. The molecule has 1 fully saturated rings. The highest BCUT2D eigenvalue weighted by Gasteiger charge is 2.19. The Hall–Kier alpha value is -0.870. The molecule has 1 atom stereocenters. The van der Waals surface area contributed by atoms with Gasteiger partial charge in [0.15, 0.2) is 0 Å². The van der Waals surface area contributed by atoms with E-state index in [0.29, 0.717) is 18.7 Å². The average molecular weight is 285 g/mol. The summed E-state index contributed by atoms with van der Waals surface area (Å²) in [6.07, 6.45) is 7.83. The van der Waals surface area contributed by atoms with Crippen LogP contribution in [0, 0.1) is 0 Å². The van der Waals surface area contributed by atoms with Crippen molar-refractivity contribution in [2.45, 2.75) is 51.2 Å². The number of nitrogens with zero attached hydrogens (tertiary/aromatic N) is 2. The van der Waals surface area contributed by atoms with Gasteiger partial charge in [-0.15, -0.1) is 11.6 Å². The van der Waals surface area contributed by atoms with E-state index in [2.05, 4.69) is 5.10 Å². The Morgan fingerprint density at radius 2 is 2.37 bits per heavy atom. The second kappa shape index (κ2) is 7.65. The first-order valence-corrected chi connectivity index (χ1v) is 7.56. The Bertz CT molecular complexity index is 400. The summed E-state index contributed by atoms with van der Waals surface area (Å²) in [6, 6.07) is 1.91. The summed E-state index contributed by atoms with van der Waals surface area (Å²) in [6.45, 7) is 0.785. The number of hydrogen-bond donors (Lipinski definition) is 0. The van der Waals surface area contributed by atoms with E-state index in [1.165, 1.54) is 0 Å². The second-order valence-electron chi connectivity index (χ2n) is 4.95. The van der Waals surface area contributed by atoms with Crippen LogP contribution in [-0.2, 0) is 16.0 Å². The molecule has 1 aromatic rings. The number of Topliss-reactive ketones (excluding diaryl/α,β-unsaturated/α-hetero) is 1. The van der Waals surface area contributed by atoms with Crippen molar-refractivity contribution in [2.24, 2.45) is 0 Å². The Labute approximate surface area is 119 Å². The molecule has 1 unspecified atom stereocenters. The molecule has 0 bridgehead atoms. The smallest absolute Gasteiger partial charge is 0.150 e. The van der Waals surface area contributed by atoms with Crippen molar-refractivity contribution >= 4 is 17.4 Å². The van der Waals surface area contributed by atoms with E-state index in [9.17, 15) is 4.79 Å². The molecule has 2 rings (SSSR count). The van der Waals surface area contributed by atoms with Gasteiger partial charge in [-0.25, -0.2) is 4.68 Å². The average Bonchev–Trinajstić information content (AvgIpc) is 2.88. The van der Waals surface area contributed by atoms with Crippen LogP contribution in [0.3, 0.4) is 0 Å². The zero-order valence-electron chi connectivity index (χ0n) is 11.2. The summed E-state index contributed by atoms with van der Waals surface area (Å²) in [5.41, 5.74) is 0.961. The molecule has 4 nitrogen and oxygen atoms in total. The molecule has 0 aliphatic carbocycles. The van der Waals surface area contributed by atoms with Crippen molar-refractivity contribution in [3.8, 4) is 0 Å². The molecule has 106 valence electrons. The largest absolute Gasteiger partial charge is 0.357 e. The van der Waals surface area contributed by atoms with Crippen LogP contribution in [0.4, 0.5) is 0 Å². The van der Waals surface area contributed by atoms with Gasteiger partial charge in [-0.3, -0.25) is 4.79 Å². The van der Waals surface area contributed by atoms with Gasteiger partial charge in [-0.2, -0.15) is 5.10 Å². The quantitative estimate of drug-likeness (QED) is 0.571. The predicted octanol–water partition coefficient (Wildman–Crippen LogP) is 3.10. The Morgan fingerprint density at radius 1 is 1.47 bits per heavy atom. The zero-order chi connectivity index (χ0) is 13.5. The standard InChI is InChI=1S/C14H21ClN2O2/c15-8-3-1-5-13(18)11-12-7-9-16-17(12)14-6-2-4-10-19-14/h7,9,14H,1-6,8,10-11H2. The molecule has 1 aliphatic rings. The number of rotatable bonds is 7. The zero-order valence-corrected chi connectivity index (χ0v) is 11.9. The molecule has 0 radical (unpaired) electrons. The maximum absolute atomic E-state index is 11.9. The summed E-state index contributed by atoms with van der Waals surface area (Å²) in [7, 11) is 0. The highest BCUT2D eigenvalue weighted by Crippen LogP contribution is 2.23. The topological polar surface area (TPSA) is 44.1 Å². The van der Waals surface area contributed by atoms with Gasteiger partial charge in [0.2, 0.25) is 0 Å². The van der Waals surface area contributed by atoms with E-state index in [-0.39, 0.29) is 12.0 Å². The third kappa shape index (κ3) is 4.32. The molecule has 0 spiro atoms. The lowest BCUT2D eigenvalue weighted by Crippen LogP contribution is -2.22. The Balaban J connectivity index is 1.89. The fourth-order valence-electron chi connectivity index (χ4n) is 2.36. The van der Waals surface area contributed by atoms with Gasteiger partial charge in [0.25, 0.3) is 0 Å². The third-order valence-corrected chi connectivity index (χ3v) is 3.67. The number of aromatic nitrogens is 2. The van der Waals surface area contributed by atoms with Crippen LogP contribution < -0.4 is 0 Å². The van der Waals surface area contributed by atoms with Crippen molar-refractivity contribution in [1.29, 1.82) is 0 Å². The van der Waals surface area contributed by atoms with Gasteiger partial charge in [-0.1, -0.05) is 0 Å². The summed E-state index contributed by atoms with van der Waals surface area (Å²) < 4.78 is 7.59. The molecule has 5 heteroatoms. The number of alkyl halides is 1. The third-order valence-electron chi connectivity index (χ3n) is 3.40. The Morgan fingerprint density at radius 3 is 3.11 bits per heavy atom. The number of carbonyl (C=O) groups is 1. The number of unbranched alkanes of at least 4 members (excludes halogenated alkanes) is 1. The summed E-state index contributed by atoms with van der Waals surface area (Å²) in [5.74, 6) is 0.879. The van der Waals surface area contributed by atoms with Gasteiger partial charge in [-0.05, 0) is 38.2 Å². The predicted molar refractivity (Wildman–Crippen MR) is 74.3 cm³/mol. The number of ketones is 1. The van der Waals surface area contributed by atoms with Crippen molar-refractivity contribution in [3.63, 3.8) is 0 Å². The molecule has 0 saturated carbocycles. The first-order chi connectivity index (χ1) is 9.31. The van der Waals surface area contributed by atoms with E-state index in [1.54, 1.807) is 6.20 Å². The van der Waals surface area contributed by atoms with Crippen molar-refractivity contribution in [2.75, 3.05) is 12.5 Å². The van der Waals surface area contributed by atoms with Crippen LogP contribution in [0.15, 0.2) is 12.3 Å². The summed E-state index contributed by atoms with van der Waals surface area (Å²) in [5, 5.41) is 4.31. The molecule has 0 amide bonds. The van der Waals surface area contributed by atoms with E-state index >= 15 is 0 Å². The van der Waals surface area contributed by atoms with Gasteiger partial charge in [0.05, 0.1) is 0 Å². The van der Waals surface area contributed by atoms with Crippen LogP contribution in [0.5, 0.6) is 0 Å². The van der Waals surface area contributed by atoms with Crippen molar-refractivity contribution < 1.29 is 9.53 Å². The minimum atomic E-state index is 0.00870. The SMILES string of the molecule is O=C(CCCCCl)Cc1ccnn1C1CCCCO1. The molecular formula is C14H21ClN2O2. The fraction of sp³-hybridized carbons (Fsp3) is 0.714. The monoisotopic (exact) mass is 284 g/mol. The number of halogens is 1. The van der Waals surface area contributed by atoms with Crippen LogP contribution in [-0.4, -0.2) is 28.1 Å². The molecule has 1 aromatic heterocycles. The van der Waals surface area contributed by atoms with Crippen molar-refractivity contribution in [3.05, 3.63) is 18.0 Å². The normalized spacial score (nSPS) is 19.5. The lowest BCUT2D eigenvalue weighted by Gasteiger charge is -2.24. The van der Waals surface area contributed by atoms with E-state index in [4.69, 9.17) is 16.3 Å². The summed E-state index contributed by atoms with van der Waals surface area (Å²) in [4.78, 5) is 11.9. The fourth-order valence-corrected chi connectivity index (χ4v) is 2.55. The number of ether oxygens (including phenoxy) is 1. The Kier molecular flexibility index (Phi) is 5.86. The molecule has 0 aromatic carbocycles. The minimum absolute atomic E-state index is 0.00870. The molecule has 1 saturated heterocycles. The number of carbonyl (C=O) groups excluding carboxylic acids is 1. The molecule has 19 heavy (non-hydrogen) atoms. The van der Waals surface area contributed by atoms with Crippen LogP contribution in [0.1, 0.15) is 50.4 Å². The maximum Gasteiger partial charge on any atom is 0.150 e. The van der Waals surface area contributed by atoms with Crippen molar-refractivity contribution in [1.82, 2.24) is 9.78 Å². The molecule has 2 heterocycles. The maximum atomic E-state index is 11.9. The van der Waals surface area contributed by atoms with Gasteiger partial charge in [0.1, 0.15) is 12.0 Å². The van der Waals surface area contributed by atoms with E-state index in [0.717, 1.165) is 44.4 Å². The minimum Gasteiger partial charge on any atom is -0.357 e. The highest BCUT2D eigenvalue weighted by molar-refractivity contribution is 6.17. The number of hydrogen-bond acceptors (Lipinski definition) is 3. The lowest BCUT2D eigenvalue weighted by molar-refractivity contribution is -0.118. The van der Waals surface area contributed by atoms with E-state index < -0.39 is 0 Å². The molecule has 1 aliphatic heterocycles. The van der Waals surface area contributed by atoms with Gasteiger partial charge >= 0.3 is 0 Å². The van der Waals surface area contributed by atoms with E-state index in [1.807, 2.05) is 10.7 Å².